The molecule has 0 aliphatic carbocycles. The molecule has 0 aliphatic rings. The number of rotatable bonds is 4. The molecule has 0 saturated carbocycles. The smallest absolute Gasteiger partial charge is 0.358 e. The van der Waals surface area contributed by atoms with Gasteiger partial charge >= 0.3 is 5.97 Å². The van der Waals surface area contributed by atoms with Crippen molar-refractivity contribution < 1.29 is 27.6 Å². The summed E-state index contributed by atoms with van der Waals surface area (Å²) >= 11 is 3.22. The van der Waals surface area contributed by atoms with Gasteiger partial charge in [-0.2, -0.15) is 0 Å². The summed E-state index contributed by atoms with van der Waals surface area (Å²) in [4.78, 5) is 10.8. The van der Waals surface area contributed by atoms with Crippen LogP contribution in [0.5, 0.6) is 5.75 Å². The fourth-order valence-electron chi connectivity index (χ4n) is 1.70. The van der Waals surface area contributed by atoms with Crippen molar-refractivity contribution in [2.75, 3.05) is 13.4 Å². The predicted molar refractivity (Wildman–Crippen MR) is 76.3 cm³/mol. The molecule has 0 unspecified atom stereocenters. The van der Waals surface area contributed by atoms with Gasteiger partial charge in [0.05, 0.1) is 11.6 Å². The lowest BCUT2D eigenvalue weighted by atomic mass is 10.1. The number of ether oxygens (including phenoxy) is 1. The normalized spacial score (nSPS) is 11.4. The zero-order valence-electron chi connectivity index (χ0n) is 11.0. The number of aromatic carboxylic acids is 1. The van der Waals surface area contributed by atoms with E-state index in [4.69, 9.17) is 14.4 Å². The number of halogens is 1. The minimum absolute atomic E-state index is 0.0392. The summed E-state index contributed by atoms with van der Waals surface area (Å²) in [5, 5.41) is 12.2. The number of nitrogens with zero attached hydrogens (tertiary/aromatic N) is 1. The maximum Gasteiger partial charge on any atom is 0.358 e. The highest BCUT2D eigenvalue weighted by Gasteiger charge is 2.21. The molecule has 112 valence electrons. The van der Waals surface area contributed by atoms with E-state index in [1.807, 2.05) is 0 Å². The van der Waals surface area contributed by atoms with E-state index >= 15 is 0 Å². The molecule has 0 atom stereocenters. The quantitative estimate of drug-likeness (QED) is 0.872. The number of hydrogen-bond donors (Lipinski definition) is 1. The number of carboxylic acid groups (broad SMARTS) is 1. The second-order valence-corrected chi connectivity index (χ2v) is 6.98. The summed E-state index contributed by atoms with van der Waals surface area (Å²) in [6.07, 6.45) is 1.05. The lowest BCUT2D eigenvalue weighted by Gasteiger charge is -2.10. The number of hydrogen-bond acceptors (Lipinski definition) is 6. The molecule has 9 heteroatoms. The Morgan fingerprint density at radius 2 is 2.05 bits per heavy atom. The highest BCUT2D eigenvalue weighted by atomic mass is 79.9. The summed E-state index contributed by atoms with van der Waals surface area (Å²) in [5.41, 5.74) is 0.0981. The van der Waals surface area contributed by atoms with E-state index in [0.717, 1.165) is 6.26 Å². The lowest BCUT2D eigenvalue weighted by molar-refractivity contribution is 0.0686. The molecule has 21 heavy (non-hydrogen) atoms. The average molecular weight is 376 g/mol. The van der Waals surface area contributed by atoms with Crippen molar-refractivity contribution in [3.05, 3.63) is 28.4 Å². The first kappa shape index (κ1) is 15.5. The van der Waals surface area contributed by atoms with Crippen LogP contribution in [0.25, 0.3) is 11.3 Å². The predicted octanol–water partition coefficient (Wildman–Crippen LogP) is 2.21. The molecule has 0 amide bonds. The maximum atomic E-state index is 11.8. The van der Waals surface area contributed by atoms with Crippen LogP contribution in [0.3, 0.4) is 0 Å². The standard InChI is InChI=1S/C12H10BrNO6S/c1-19-11-7(13)3-6(4-10(11)21(2,17)18)9-5-8(12(15)16)14-20-9/h3-5H,1-2H3,(H,15,16). The Kier molecular flexibility index (Phi) is 4.06. The molecule has 0 saturated heterocycles. The van der Waals surface area contributed by atoms with E-state index in [1.54, 1.807) is 6.07 Å². The van der Waals surface area contributed by atoms with Crippen molar-refractivity contribution in [2.24, 2.45) is 0 Å². The molecule has 1 aromatic carbocycles. The molecule has 2 rings (SSSR count). The Labute approximate surface area is 128 Å². The molecular formula is C12H10BrNO6S. The maximum absolute atomic E-state index is 11.8. The minimum atomic E-state index is -3.54. The van der Waals surface area contributed by atoms with Gasteiger partial charge in [0.2, 0.25) is 0 Å². The van der Waals surface area contributed by atoms with Gasteiger partial charge in [-0.1, -0.05) is 5.16 Å². The average Bonchev–Trinajstić information content (AvgIpc) is 2.86. The van der Waals surface area contributed by atoms with Crippen LogP contribution >= 0.6 is 15.9 Å². The van der Waals surface area contributed by atoms with Crippen molar-refractivity contribution >= 4 is 31.7 Å². The van der Waals surface area contributed by atoms with E-state index < -0.39 is 15.8 Å². The third kappa shape index (κ3) is 3.08. The Bertz CT molecular complexity index is 811. The second kappa shape index (κ2) is 5.49. The number of carbonyl (C=O) groups is 1. The summed E-state index contributed by atoms with van der Waals surface area (Å²) in [7, 11) is -2.19. The molecule has 7 nitrogen and oxygen atoms in total. The van der Waals surface area contributed by atoms with Gasteiger partial charge in [-0.15, -0.1) is 0 Å². The Morgan fingerprint density at radius 3 is 2.52 bits per heavy atom. The summed E-state index contributed by atoms with van der Waals surface area (Å²) in [6.45, 7) is 0. The molecule has 1 heterocycles. The summed E-state index contributed by atoms with van der Waals surface area (Å²) in [5.74, 6) is -0.930. The first-order chi connectivity index (χ1) is 9.74. The first-order valence-electron chi connectivity index (χ1n) is 5.52. The Hall–Kier alpha value is -1.87. The summed E-state index contributed by atoms with van der Waals surface area (Å²) < 4.78 is 34.0. The molecule has 1 aromatic heterocycles. The molecule has 1 N–H and O–H groups in total. The van der Waals surface area contributed by atoms with Crippen LogP contribution in [0.1, 0.15) is 10.5 Å². The first-order valence-corrected chi connectivity index (χ1v) is 8.20. The minimum Gasteiger partial charge on any atom is -0.494 e. The molecule has 0 radical (unpaired) electrons. The topological polar surface area (TPSA) is 107 Å². The van der Waals surface area contributed by atoms with Crippen molar-refractivity contribution in [1.82, 2.24) is 5.16 Å². The lowest BCUT2D eigenvalue weighted by Crippen LogP contribution is -2.02. The van der Waals surface area contributed by atoms with Crippen LogP contribution < -0.4 is 4.74 Å². The van der Waals surface area contributed by atoms with Crippen LogP contribution in [0.4, 0.5) is 0 Å². The fraction of sp³-hybridized carbons (Fsp3) is 0.167. The van der Waals surface area contributed by atoms with Gasteiger partial charge in [0, 0.05) is 17.9 Å². The zero-order chi connectivity index (χ0) is 15.8. The van der Waals surface area contributed by atoms with Gasteiger partial charge < -0.3 is 14.4 Å². The highest BCUT2D eigenvalue weighted by Crippen LogP contribution is 2.37. The van der Waals surface area contributed by atoms with Crippen LogP contribution in [-0.4, -0.2) is 38.0 Å². The van der Waals surface area contributed by atoms with Gasteiger partial charge in [0.1, 0.15) is 4.90 Å². The van der Waals surface area contributed by atoms with Crippen molar-refractivity contribution in [3.63, 3.8) is 0 Å². The third-order valence-electron chi connectivity index (χ3n) is 2.63. The van der Waals surface area contributed by atoms with Crippen molar-refractivity contribution in [1.29, 1.82) is 0 Å². The SMILES string of the molecule is COc1c(Br)cc(-c2cc(C(=O)O)no2)cc1S(C)(=O)=O. The zero-order valence-corrected chi connectivity index (χ0v) is 13.4. The van der Waals surface area contributed by atoms with Gasteiger partial charge in [0.25, 0.3) is 0 Å². The van der Waals surface area contributed by atoms with E-state index in [9.17, 15) is 13.2 Å². The van der Waals surface area contributed by atoms with E-state index in [2.05, 4.69) is 21.1 Å². The molecule has 0 bridgehead atoms. The van der Waals surface area contributed by atoms with Gasteiger partial charge in [0.15, 0.2) is 27.0 Å². The van der Waals surface area contributed by atoms with Crippen LogP contribution in [0.2, 0.25) is 0 Å². The largest absolute Gasteiger partial charge is 0.494 e. The van der Waals surface area contributed by atoms with Gasteiger partial charge in [-0.25, -0.2) is 13.2 Å². The molecule has 0 spiro atoms. The molecule has 0 fully saturated rings. The number of aromatic nitrogens is 1. The van der Waals surface area contributed by atoms with E-state index in [0.29, 0.717) is 10.0 Å². The highest BCUT2D eigenvalue weighted by molar-refractivity contribution is 9.10. The summed E-state index contributed by atoms with van der Waals surface area (Å²) in [6, 6.07) is 4.10. The third-order valence-corrected chi connectivity index (χ3v) is 4.32. The van der Waals surface area contributed by atoms with Crippen LogP contribution in [0, 0.1) is 0 Å². The van der Waals surface area contributed by atoms with Crippen LogP contribution in [-0.2, 0) is 9.84 Å². The van der Waals surface area contributed by atoms with Gasteiger partial charge in [-0.3, -0.25) is 0 Å². The number of methoxy groups -OCH3 is 1. The molecule has 0 aliphatic heterocycles. The van der Waals surface area contributed by atoms with Gasteiger partial charge in [-0.05, 0) is 28.1 Å². The fourth-order valence-corrected chi connectivity index (χ4v) is 3.32. The van der Waals surface area contributed by atoms with E-state index in [1.165, 1.54) is 19.2 Å². The van der Waals surface area contributed by atoms with Crippen LogP contribution in [0.15, 0.2) is 32.1 Å². The Morgan fingerprint density at radius 1 is 1.38 bits per heavy atom. The van der Waals surface area contributed by atoms with Crippen molar-refractivity contribution in [3.8, 4) is 17.1 Å². The van der Waals surface area contributed by atoms with Crippen molar-refractivity contribution in [2.45, 2.75) is 4.90 Å². The second-order valence-electron chi connectivity index (χ2n) is 4.14. The molecular weight excluding hydrogens is 366 g/mol. The Balaban J connectivity index is 2.65. The number of carboxylic acids is 1. The number of sulfone groups is 1. The monoisotopic (exact) mass is 375 g/mol. The van der Waals surface area contributed by atoms with E-state index in [-0.39, 0.29) is 22.1 Å². The molecule has 2 aromatic rings. The number of benzene rings is 1.